The van der Waals surface area contributed by atoms with Crippen molar-refractivity contribution in [3.8, 4) is 0 Å². The van der Waals surface area contributed by atoms with E-state index in [4.69, 9.17) is 5.11 Å². The zero-order valence-electron chi connectivity index (χ0n) is 8.49. The summed E-state index contributed by atoms with van der Waals surface area (Å²) in [5.74, 6) is -1.04. The largest absolute Gasteiger partial charge is 0.481 e. The molecule has 1 heterocycles. The molecule has 1 unspecified atom stereocenters. The lowest BCUT2D eigenvalue weighted by Gasteiger charge is -2.40. The molecule has 14 heavy (non-hydrogen) atoms. The number of amides is 2. The highest BCUT2D eigenvalue weighted by molar-refractivity contribution is 5.76. The van der Waals surface area contributed by atoms with E-state index in [1.54, 1.807) is 11.8 Å². The molecule has 1 saturated heterocycles. The molecular formula is C9H16N2O3. The number of carbonyl (C=O) groups excluding carboxylic acids is 1. The van der Waals surface area contributed by atoms with Crippen LogP contribution in [-0.4, -0.2) is 41.6 Å². The molecule has 0 radical (unpaired) electrons. The Hall–Kier alpha value is -1.26. The molecule has 1 atom stereocenters. The third kappa shape index (κ3) is 2.16. The van der Waals surface area contributed by atoms with E-state index in [1.165, 1.54) is 0 Å². The van der Waals surface area contributed by atoms with Gasteiger partial charge in [-0.3, -0.25) is 4.79 Å². The molecule has 5 heteroatoms. The van der Waals surface area contributed by atoms with Crippen molar-refractivity contribution in [3.05, 3.63) is 0 Å². The zero-order chi connectivity index (χ0) is 10.7. The van der Waals surface area contributed by atoms with Crippen LogP contribution in [0.4, 0.5) is 4.79 Å². The number of carboxylic acids is 1. The number of nitrogens with zero attached hydrogens (tertiary/aromatic N) is 1. The first kappa shape index (κ1) is 10.8. The van der Waals surface area contributed by atoms with E-state index < -0.39 is 5.97 Å². The van der Waals surface area contributed by atoms with Crippen LogP contribution in [0, 0.1) is 11.8 Å². The number of nitrogens with one attached hydrogen (secondary N) is 1. The highest BCUT2D eigenvalue weighted by atomic mass is 16.4. The van der Waals surface area contributed by atoms with E-state index >= 15 is 0 Å². The smallest absolute Gasteiger partial charge is 0.317 e. The minimum Gasteiger partial charge on any atom is -0.481 e. The van der Waals surface area contributed by atoms with Crippen molar-refractivity contribution in [2.45, 2.75) is 13.8 Å². The van der Waals surface area contributed by atoms with Gasteiger partial charge in [-0.2, -0.15) is 0 Å². The molecule has 0 saturated carbocycles. The van der Waals surface area contributed by atoms with Crippen molar-refractivity contribution in [2.75, 3.05) is 19.6 Å². The van der Waals surface area contributed by atoms with Crippen LogP contribution >= 0.6 is 0 Å². The average Bonchev–Trinajstić information content (AvgIpc) is 2.01. The molecule has 1 fully saturated rings. The van der Waals surface area contributed by atoms with E-state index in [1.807, 2.05) is 6.92 Å². The second kappa shape index (κ2) is 4.30. The highest BCUT2D eigenvalue weighted by Gasteiger charge is 2.36. The normalized spacial score (nSPS) is 18.6. The maximum atomic E-state index is 11.2. The number of carboxylic acid groups (broad SMARTS) is 1. The summed E-state index contributed by atoms with van der Waals surface area (Å²) in [5.41, 5.74) is 0. The van der Waals surface area contributed by atoms with E-state index in [2.05, 4.69) is 5.32 Å². The third-order valence-electron chi connectivity index (χ3n) is 2.62. The molecule has 1 aliphatic heterocycles. The molecule has 0 aromatic heterocycles. The topological polar surface area (TPSA) is 69.6 Å². The van der Waals surface area contributed by atoms with Gasteiger partial charge < -0.3 is 15.3 Å². The molecule has 5 nitrogen and oxygen atoms in total. The van der Waals surface area contributed by atoms with Crippen molar-refractivity contribution in [1.82, 2.24) is 10.2 Å². The molecule has 2 amide bonds. The number of likely N-dealkylation sites (tertiary alicyclic amines) is 1. The number of rotatable bonds is 3. The van der Waals surface area contributed by atoms with Crippen LogP contribution in [0.1, 0.15) is 13.8 Å². The van der Waals surface area contributed by atoms with E-state index in [0.717, 1.165) is 0 Å². The summed E-state index contributed by atoms with van der Waals surface area (Å²) in [6.45, 7) is 5.25. The van der Waals surface area contributed by atoms with Gasteiger partial charge in [0.1, 0.15) is 0 Å². The van der Waals surface area contributed by atoms with Gasteiger partial charge in [0.25, 0.3) is 0 Å². The number of hydrogen-bond acceptors (Lipinski definition) is 2. The van der Waals surface area contributed by atoms with Gasteiger partial charge in [-0.1, -0.05) is 6.92 Å². The molecule has 0 bridgehead atoms. The fourth-order valence-corrected chi connectivity index (χ4v) is 1.46. The number of hydrogen-bond donors (Lipinski definition) is 2. The van der Waals surface area contributed by atoms with Crippen molar-refractivity contribution in [2.24, 2.45) is 11.8 Å². The molecule has 0 aromatic carbocycles. The van der Waals surface area contributed by atoms with Gasteiger partial charge in [0.15, 0.2) is 0 Å². The first-order valence-corrected chi connectivity index (χ1v) is 4.81. The fraction of sp³-hybridized carbons (Fsp3) is 0.778. The molecule has 1 aliphatic rings. The van der Waals surface area contributed by atoms with Gasteiger partial charge in [0.05, 0.1) is 5.92 Å². The van der Waals surface area contributed by atoms with Crippen molar-refractivity contribution < 1.29 is 14.7 Å². The lowest BCUT2D eigenvalue weighted by molar-refractivity contribution is -0.144. The first-order valence-electron chi connectivity index (χ1n) is 4.81. The summed E-state index contributed by atoms with van der Waals surface area (Å²) in [6, 6.07) is -0.0960. The van der Waals surface area contributed by atoms with Gasteiger partial charge >= 0.3 is 12.0 Å². The molecule has 0 aliphatic carbocycles. The Bertz CT molecular complexity index is 236. The lowest BCUT2D eigenvalue weighted by Crippen LogP contribution is -2.56. The number of carbonyl (C=O) groups is 2. The Balaban J connectivity index is 2.29. The van der Waals surface area contributed by atoms with Crippen LogP contribution in [0.2, 0.25) is 0 Å². The second-order valence-corrected chi connectivity index (χ2v) is 3.63. The quantitative estimate of drug-likeness (QED) is 0.691. The monoisotopic (exact) mass is 200 g/mol. The SMILES string of the molecule is CCNC(=O)N1CC(C(C)C(=O)O)C1. The lowest BCUT2D eigenvalue weighted by atomic mass is 9.87. The van der Waals surface area contributed by atoms with Gasteiger partial charge in [-0.05, 0) is 6.92 Å². The van der Waals surface area contributed by atoms with Gasteiger partial charge in [-0.15, -0.1) is 0 Å². The second-order valence-electron chi connectivity index (χ2n) is 3.63. The molecule has 1 rings (SSSR count). The minimum atomic E-state index is -0.787. The summed E-state index contributed by atoms with van der Waals surface area (Å²) < 4.78 is 0. The standard InChI is InChI=1S/C9H16N2O3/c1-3-10-9(14)11-4-7(5-11)6(2)8(12)13/h6-7H,3-5H2,1-2H3,(H,10,14)(H,12,13). The third-order valence-corrected chi connectivity index (χ3v) is 2.62. The summed E-state index contributed by atoms with van der Waals surface area (Å²) in [5, 5.41) is 11.4. The molecule has 0 spiro atoms. The van der Waals surface area contributed by atoms with Crippen LogP contribution in [-0.2, 0) is 4.79 Å². The van der Waals surface area contributed by atoms with E-state index in [-0.39, 0.29) is 17.9 Å². The Morgan fingerprint density at radius 3 is 2.57 bits per heavy atom. The van der Waals surface area contributed by atoms with Crippen molar-refractivity contribution in [3.63, 3.8) is 0 Å². The van der Waals surface area contributed by atoms with Crippen LogP contribution in [0.5, 0.6) is 0 Å². The first-order chi connectivity index (χ1) is 6.56. The van der Waals surface area contributed by atoms with Gasteiger partial charge in [0.2, 0.25) is 0 Å². The Kier molecular flexibility index (Phi) is 3.33. The van der Waals surface area contributed by atoms with Crippen LogP contribution in [0.25, 0.3) is 0 Å². The van der Waals surface area contributed by atoms with Crippen LogP contribution in [0.15, 0.2) is 0 Å². The van der Waals surface area contributed by atoms with E-state index in [0.29, 0.717) is 19.6 Å². The van der Waals surface area contributed by atoms with Gasteiger partial charge in [0, 0.05) is 25.6 Å². The number of aliphatic carboxylic acids is 1. The fourth-order valence-electron chi connectivity index (χ4n) is 1.46. The van der Waals surface area contributed by atoms with Crippen LogP contribution in [0.3, 0.4) is 0 Å². The predicted octanol–water partition coefficient (Wildman–Crippen LogP) is 0.368. The Morgan fingerprint density at radius 1 is 1.57 bits per heavy atom. The Labute approximate surface area is 83.1 Å². The summed E-state index contributed by atoms with van der Waals surface area (Å²) in [6.07, 6.45) is 0. The van der Waals surface area contributed by atoms with Gasteiger partial charge in [-0.25, -0.2) is 4.79 Å². The van der Waals surface area contributed by atoms with Crippen molar-refractivity contribution in [1.29, 1.82) is 0 Å². The Morgan fingerprint density at radius 2 is 2.14 bits per heavy atom. The maximum Gasteiger partial charge on any atom is 0.317 e. The molecule has 80 valence electrons. The number of urea groups is 1. The van der Waals surface area contributed by atoms with E-state index in [9.17, 15) is 9.59 Å². The predicted molar refractivity (Wildman–Crippen MR) is 50.9 cm³/mol. The summed E-state index contributed by atoms with van der Waals surface area (Å²) >= 11 is 0. The van der Waals surface area contributed by atoms with Crippen LogP contribution < -0.4 is 5.32 Å². The summed E-state index contributed by atoms with van der Waals surface area (Å²) in [4.78, 5) is 23.5. The molecule has 0 aromatic rings. The minimum absolute atomic E-state index is 0.0960. The maximum absolute atomic E-state index is 11.2. The highest BCUT2D eigenvalue weighted by Crippen LogP contribution is 2.23. The average molecular weight is 200 g/mol. The molecule has 2 N–H and O–H groups in total. The van der Waals surface area contributed by atoms with Crippen molar-refractivity contribution >= 4 is 12.0 Å². The zero-order valence-corrected chi connectivity index (χ0v) is 8.49. The summed E-state index contributed by atoms with van der Waals surface area (Å²) in [7, 11) is 0. The molecular weight excluding hydrogens is 184 g/mol.